The molecule has 472 valence electrons. The van der Waals surface area contributed by atoms with Gasteiger partial charge in [-0.05, 0) is 166 Å². The Labute approximate surface area is 451 Å². The molecule has 4 N–H and O–H groups in total. The molecule has 0 atom stereocenters. The van der Waals surface area contributed by atoms with E-state index in [4.69, 9.17) is 0 Å². The van der Waals surface area contributed by atoms with E-state index in [1.54, 1.807) is 0 Å². The highest BCUT2D eigenvalue weighted by Gasteiger charge is 2.22. The van der Waals surface area contributed by atoms with E-state index in [1.165, 1.54) is 166 Å². The van der Waals surface area contributed by atoms with Gasteiger partial charge in [-0.2, -0.15) is 0 Å². The third-order valence-corrected chi connectivity index (χ3v) is 18.0. The second kappa shape index (κ2) is 38.7. The Balaban J connectivity index is -0.0000000322. The van der Waals surface area contributed by atoms with E-state index >= 15 is 0 Å². The lowest BCUT2D eigenvalue weighted by molar-refractivity contribution is 0.430. The second-order valence-electron chi connectivity index (χ2n) is 20.5. The fourth-order valence-electron chi connectivity index (χ4n) is 0. The fourth-order valence-corrected chi connectivity index (χ4v) is 0. The van der Waals surface area contributed by atoms with Crippen LogP contribution in [0.15, 0.2) is 0 Å². The lowest BCUT2D eigenvalue weighted by Gasteiger charge is -2.22. The monoisotopic (exact) mass is 1240 g/mol. The Bertz CT molecular complexity index is 1800. The predicted molar refractivity (Wildman–Crippen MR) is 295 cm³/mol. The molecule has 0 saturated carbocycles. The third kappa shape index (κ3) is 67.3. The molecule has 0 aliphatic rings. The van der Waals surface area contributed by atoms with Crippen LogP contribution in [0.25, 0.3) is 0 Å². The van der Waals surface area contributed by atoms with E-state index in [2.05, 4.69) is 0 Å². The van der Waals surface area contributed by atoms with Crippen LogP contribution in [0.2, 0.25) is 0 Å². The lowest BCUT2D eigenvalue weighted by atomic mass is 10.3. The number of hydrogen-bond donors (Lipinski definition) is 1. The maximum absolute atomic E-state index is 10.1. The molecule has 73 heavy (non-hydrogen) atoms. The maximum Gasteiger partial charge on any atom is 0.0996 e. The molecule has 0 aromatic carbocycles. The summed E-state index contributed by atoms with van der Waals surface area (Å²) in [5.41, 5.74) is 0. The van der Waals surface area contributed by atoms with Gasteiger partial charge in [0, 0.05) is 0 Å². The SMILES string of the molecule is C.C.C.C.C.C.C.C.CC(C)(C)S(=O)(=O)[O-].CC(C)(C)S(=O)(=O)[O-].CC(C)(C)S(=O)(=O)[O-].CC(C)(C)S(=O)(=O)[O-].CC(C)(C)S(=O)(=O)[O-].CC(C)(C)S(=O)(=O)[O-].CC(C)(C)S(=O)(=O)[O-].CC(C)(C)S(=O)(=O)[O-].[NH4+]. The summed E-state index contributed by atoms with van der Waals surface area (Å²) >= 11 is 0. The van der Waals surface area contributed by atoms with Crippen LogP contribution in [-0.4, -0.2) is 142 Å². The van der Waals surface area contributed by atoms with Gasteiger partial charge in [-0.15, -0.1) is 0 Å². The summed E-state index contributed by atoms with van der Waals surface area (Å²) in [6, 6.07) is 0. The van der Waals surface area contributed by atoms with Gasteiger partial charge in [-0.3, -0.25) is 0 Å². The molecule has 0 heterocycles. The van der Waals surface area contributed by atoms with Crippen molar-refractivity contribution in [3.63, 3.8) is 0 Å². The largest absolute Gasteiger partial charge is 0.748 e. The van der Waals surface area contributed by atoms with E-state index in [1.807, 2.05) is 0 Å². The van der Waals surface area contributed by atoms with Gasteiger partial charge in [0.25, 0.3) is 0 Å². The molecule has 0 saturated heterocycles. The number of quaternary nitrogens is 1. The Morgan fingerprint density at radius 1 is 0.164 bits per heavy atom. The highest BCUT2D eigenvalue weighted by atomic mass is 32.3. The van der Waals surface area contributed by atoms with Crippen molar-refractivity contribution in [2.75, 3.05) is 0 Å². The first-order valence-corrected chi connectivity index (χ1v) is 28.9. The molecule has 25 nitrogen and oxygen atoms in total. The van der Waals surface area contributed by atoms with E-state index in [0.717, 1.165) is 0 Å². The van der Waals surface area contributed by atoms with Crippen LogP contribution < -0.4 is 6.15 Å². The average molecular weight is 1240 g/mol. The van der Waals surface area contributed by atoms with Crippen molar-refractivity contribution in [1.82, 2.24) is 6.15 Å². The molecule has 0 aromatic heterocycles. The summed E-state index contributed by atoms with van der Waals surface area (Å²) < 4.78 is 233. The van der Waals surface area contributed by atoms with Gasteiger partial charge < -0.3 is 42.6 Å². The van der Waals surface area contributed by atoms with Crippen LogP contribution >= 0.6 is 0 Å². The molecule has 0 rings (SSSR count). The minimum atomic E-state index is -4.09. The van der Waals surface area contributed by atoms with Crippen molar-refractivity contribution in [3.05, 3.63) is 0 Å². The zero-order chi connectivity index (χ0) is 56.0. The lowest BCUT2D eigenvalue weighted by Crippen LogP contribution is -2.26. The van der Waals surface area contributed by atoms with Gasteiger partial charge in [0.2, 0.25) is 0 Å². The van der Waals surface area contributed by atoms with E-state index in [-0.39, 0.29) is 65.6 Å². The molecular formula is C40H108NO24S8-7. The van der Waals surface area contributed by atoms with Crippen LogP contribution in [0.1, 0.15) is 226 Å². The zero-order valence-electron chi connectivity index (χ0n) is 42.1. The fraction of sp³-hybridized carbons (Fsp3) is 1.00. The molecular weight excluding hydrogens is 1130 g/mol. The van der Waals surface area contributed by atoms with Gasteiger partial charge in [0.05, 0.1) is 119 Å². The first-order valence-electron chi connectivity index (χ1n) is 17.6. The summed E-state index contributed by atoms with van der Waals surface area (Å²) in [5, 5.41) is 0. The topological polar surface area (TPSA) is 494 Å². The summed E-state index contributed by atoms with van der Waals surface area (Å²) in [6.45, 7) is 32.9. The van der Waals surface area contributed by atoms with Crippen molar-refractivity contribution >= 4 is 80.9 Å². The Hall–Kier alpha value is -0.760. The van der Waals surface area contributed by atoms with Crippen molar-refractivity contribution in [3.8, 4) is 0 Å². The predicted octanol–water partition coefficient (Wildman–Crippen LogP) is 8.11. The van der Waals surface area contributed by atoms with Crippen molar-refractivity contribution in [1.29, 1.82) is 0 Å². The minimum Gasteiger partial charge on any atom is -0.748 e. The van der Waals surface area contributed by atoms with Gasteiger partial charge in [0.15, 0.2) is 0 Å². The third-order valence-electron chi connectivity index (χ3n) is 6.00. The molecule has 0 amide bonds. The molecule has 0 unspecified atom stereocenters. The van der Waals surface area contributed by atoms with Crippen molar-refractivity contribution in [2.45, 2.75) is 264 Å². The zero-order valence-corrected chi connectivity index (χ0v) is 48.6. The van der Waals surface area contributed by atoms with Crippen molar-refractivity contribution < 1.29 is 104 Å². The van der Waals surface area contributed by atoms with Gasteiger partial charge in [0.1, 0.15) is 0 Å². The molecule has 0 aliphatic heterocycles. The maximum atomic E-state index is 10.1. The number of rotatable bonds is 0. The van der Waals surface area contributed by atoms with Crippen LogP contribution in [0.4, 0.5) is 0 Å². The second-order valence-corrected chi connectivity index (χ2v) is 37.6. The summed E-state index contributed by atoms with van der Waals surface area (Å²) in [7, 11) is -32.7. The van der Waals surface area contributed by atoms with Crippen LogP contribution in [0.5, 0.6) is 0 Å². The standard InChI is InChI=1S/8C4H10O3S.8CH4.H3N/c8*1-4(2,3)8(5,6)7;;;;;;;;;/h8*1-3H3,(H,5,6,7);8*1H4;1H3/p-7. The van der Waals surface area contributed by atoms with E-state index in [0.29, 0.717) is 0 Å². The summed E-state index contributed by atoms with van der Waals surface area (Å²) in [5.74, 6) is 0. The highest BCUT2D eigenvalue weighted by molar-refractivity contribution is 7.88. The van der Waals surface area contributed by atoms with Gasteiger partial charge in [-0.1, -0.05) is 59.4 Å². The molecule has 0 aromatic rings. The molecule has 0 fully saturated rings. The molecule has 0 aliphatic carbocycles. The molecule has 33 heteroatoms. The van der Waals surface area contributed by atoms with Crippen LogP contribution in [-0.2, 0) is 80.9 Å². The quantitative estimate of drug-likeness (QED) is 0.224. The smallest absolute Gasteiger partial charge is 0.0996 e. The molecule has 0 bridgehead atoms. The summed E-state index contributed by atoms with van der Waals surface area (Å²) in [6.07, 6.45) is 0. The van der Waals surface area contributed by atoms with Crippen LogP contribution in [0, 0.1) is 0 Å². The normalized spacial score (nSPS) is 12.3. The van der Waals surface area contributed by atoms with E-state index in [9.17, 15) is 104 Å². The summed E-state index contributed by atoms with van der Waals surface area (Å²) in [4.78, 5) is 0. The number of hydrogen-bond acceptors (Lipinski definition) is 24. The Morgan fingerprint density at radius 2 is 0.178 bits per heavy atom. The Morgan fingerprint density at radius 3 is 0.178 bits per heavy atom. The molecule has 0 spiro atoms. The van der Waals surface area contributed by atoms with Crippen molar-refractivity contribution in [2.24, 2.45) is 0 Å². The first-order chi connectivity index (χ1) is 26.0. The van der Waals surface area contributed by atoms with Gasteiger partial charge in [-0.25, -0.2) is 67.3 Å². The highest BCUT2D eigenvalue weighted by Crippen LogP contribution is 2.15. The van der Waals surface area contributed by atoms with Crippen LogP contribution in [0.3, 0.4) is 0 Å². The molecule has 0 radical (unpaired) electrons. The average Bonchev–Trinajstić information content (AvgIpc) is 2.81. The first kappa shape index (κ1) is 120. The van der Waals surface area contributed by atoms with Gasteiger partial charge >= 0.3 is 0 Å². The van der Waals surface area contributed by atoms with E-state index < -0.39 is 119 Å². The Kier molecular flexibility index (Phi) is 63.8. The minimum absolute atomic E-state index is 0.